The van der Waals surface area contributed by atoms with E-state index in [1.54, 1.807) is 0 Å². The number of para-hydroxylation sites is 2. The molecule has 1 atom stereocenters. The molecule has 0 saturated carbocycles. The summed E-state index contributed by atoms with van der Waals surface area (Å²) in [6.07, 6.45) is 1.06. The molecule has 0 heterocycles. The van der Waals surface area contributed by atoms with E-state index < -0.39 is 0 Å². The molecule has 0 aliphatic heterocycles. The van der Waals surface area contributed by atoms with Crippen LogP contribution in [0.2, 0.25) is 5.02 Å². The molecule has 0 aromatic heterocycles. The molecule has 0 saturated heterocycles. The Bertz CT molecular complexity index is 501. The Balaban J connectivity index is 1.91. The predicted molar refractivity (Wildman–Crippen MR) is 81.1 cm³/mol. The fourth-order valence-corrected chi connectivity index (χ4v) is 1.99. The van der Waals surface area contributed by atoms with Crippen molar-refractivity contribution in [3.63, 3.8) is 0 Å². The zero-order valence-electron chi connectivity index (χ0n) is 11.0. The molecule has 0 radical (unpaired) electrons. The van der Waals surface area contributed by atoms with E-state index in [1.807, 2.05) is 54.6 Å². The Labute approximate surface area is 119 Å². The molecule has 1 N–H and O–H groups in total. The monoisotopic (exact) mass is 275 g/mol. The number of ether oxygens (including phenoxy) is 1. The summed E-state index contributed by atoms with van der Waals surface area (Å²) >= 11 is 6.11. The molecule has 2 nitrogen and oxygen atoms in total. The van der Waals surface area contributed by atoms with Crippen molar-refractivity contribution in [3.8, 4) is 5.75 Å². The Kier molecular flexibility index (Phi) is 5.10. The van der Waals surface area contributed by atoms with Crippen molar-refractivity contribution in [1.29, 1.82) is 0 Å². The van der Waals surface area contributed by atoms with Crippen molar-refractivity contribution in [2.45, 2.75) is 19.4 Å². The second kappa shape index (κ2) is 7.05. The Morgan fingerprint density at radius 2 is 1.74 bits per heavy atom. The van der Waals surface area contributed by atoms with Gasteiger partial charge in [-0.1, -0.05) is 48.9 Å². The second-order valence-electron chi connectivity index (χ2n) is 4.32. The smallest absolute Gasteiger partial charge is 0.119 e. The average molecular weight is 276 g/mol. The molecule has 1 unspecified atom stereocenters. The van der Waals surface area contributed by atoms with Crippen LogP contribution in [0.3, 0.4) is 0 Å². The number of rotatable bonds is 6. The highest BCUT2D eigenvalue weighted by Crippen LogP contribution is 2.21. The third kappa shape index (κ3) is 4.18. The van der Waals surface area contributed by atoms with Crippen LogP contribution >= 0.6 is 11.6 Å². The fraction of sp³-hybridized carbons (Fsp3) is 0.250. The van der Waals surface area contributed by atoms with E-state index in [2.05, 4.69) is 12.2 Å². The van der Waals surface area contributed by atoms with E-state index in [0.717, 1.165) is 29.4 Å². The molecule has 0 spiro atoms. The summed E-state index contributed by atoms with van der Waals surface area (Å²) in [5.74, 6) is 0.898. The van der Waals surface area contributed by atoms with Crippen LogP contribution in [0.1, 0.15) is 13.3 Å². The van der Waals surface area contributed by atoms with Gasteiger partial charge in [-0.2, -0.15) is 0 Å². The maximum atomic E-state index is 6.11. The van der Waals surface area contributed by atoms with E-state index in [-0.39, 0.29) is 6.10 Å². The van der Waals surface area contributed by atoms with Gasteiger partial charge in [0.1, 0.15) is 11.9 Å². The number of nitrogens with one attached hydrogen (secondary N) is 1. The van der Waals surface area contributed by atoms with Gasteiger partial charge in [0, 0.05) is 0 Å². The SMILES string of the molecule is CCC(CNc1ccccc1Cl)Oc1ccccc1. The lowest BCUT2D eigenvalue weighted by Gasteiger charge is -2.19. The second-order valence-corrected chi connectivity index (χ2v) is 4.73. The van der Waals surface area contributed by atoms with Crippen molar-refractivity contribution < 1.29 is 4.74 Å². The Morgan fingerprint density at radius 3 is 2.42 bits per heavy atom. The highest BCUT2D eigenvalue weighted by atomic mass is 35.5. The molecule has 2 aromatic rings. The van der Waals surface area contributed by atoms with Crippen LogP contribution < -0.4 is 10.1 Å². The van der Waals surface area contributed by atoms with Crippen molar-refractivity contribution in [1.82, 2.24) is 0 Å². The van der Waals surface area contributed by atoms with E-state index in [0.29, 0.717) is 0 Å². The van der Waals surface area contributed by atoms with Crippen LogP contribution in [-0.4, -0.2) is 12.6 Å². The van der Waals surface area contributed by atoms with Crippen LogP contribution in [-0.2, 0) is 0 Å². The molecule has 2 rings (SSSR count). The molecule has 0 amide bonds. The topological polar surface area (TPSA) is 21.3 Å². The van der Waals surface area contributed by atoms with Gasteiger partial charge in [-0.25, -0.2) is 0 Å². The van der Waals surface area contributed by atoms with Gasteiger partial charge >= 0.3 is 0 Å². The zero-order chi connectivity index (χ0) is 13.5. The minimum absolute atomic E-state index is 0.124. The number of anilines is 1. The van der Waals surface area contributed by atoms with Crippen molar-refractivity contribution in [2.75, 3.05) is 11.9 Å². The van der Waals surface area contributed by atoms with Crippen LogP contribution in [0.4, 0.5) is 5.69 Å². The minimum Gasteiger partial charge on any atom is -0.489 e. The summed E-state index contributed by atoms with van der Waals surface area (Å²) in [5.41, 5.74) is 0.944. The summed E-state index contributed by atoms with van der Waals surface area (Å²) in [6.45, 7) is 2.84. The lowest BCUT2D eigenvalue weighted by atomic mass is 10.2. The molecule has 0 fully saturated rings. The molecule has 0 aliphatic rings. The van der Waals surface area contributed by atoms with Crippen LogP contribution in [0.15, 0.2) is 54.6 Å². The first-order chi connectivity index (χ1) is 9.29. The molecule has 0 bridgehead atoms. The first-order valence-corrected chi connectivity index (χ1v) is 6.87. The fourth-order valence-electron chi connectivity index (χ4n) is 1.79. The van der Waals surface area contributed by atoms with Crippen molar-refractivity contribution in [3.05, 3.63) is 59.6 Å². The summed E-state index contributed by atoms with van der Waals surface area (Å²) in [7, 11) is 0. The lowest BCUT2D eigenvalue weighted by molar-refractivity contribution is 0.210. The standard InChI is InChI=1S/C16H18ClNO/c1-2-13(19-14-8-4-3-5-9-14)12-18-16-11-7-6-10-15(16)17/h3-11,13,18H,2,12H2,1H3. The summed E-state index contributed by atoms with van der Waals surface area (Å²) in [6, 6.07) is 17.6. The number of hydrogen-bond acceptors (Lipinski definition) is 2. The van der Waals surface area contributed by atoms with Crippen molar-refractivity contribution in [2.24, 2.45) is 0 Å². The van der Waals surface area contributed by atoms with E-state index in [1.165, 1.54) is 0 Å². The van der Waals surface area contributed by atoms with E-state index in [4.69, 9.17) is 16.3 Å². The lowest BCUT2D eigenvalue weighted by Crippen LogP contribution is -2.25. The number of halogens is 1. The van der Waals surface area contributed by atoms with Gasteiger partial charge in [-0.05, 0) is 30.7 Å². The molecule has 0 aliphatic carbocycles. The van der Waals surface area contributed by atoms with Crippen LogP contribution in [0.25, 0.3) is 0 Å². The summed E-state index contributed by atoms with van der Waals surface area (Å²) in [4.78, 5) is 0. The molecular weight excluding hydrogens is 258 g/mol. The number of hydrogen-bond donors (Lipinski definition) is 1. The average Bonchev–Trinajstić information content (AvgIpc) is 2.46. The highest BCUT2D eigenvalue weighted by Gasteiger charge is 2.08. The highest BCUT2D eigenvalue weighted by molar-refractivity contribution is 6.33. The summed E-state index contributed by atoms with van der Waals surface area (Å²) in [5, 5.41) is 4.06. The minimum atomic E-state index is 0.124. The van der Waals surface area contributed by atoms with Gasteiger partial charge in [-0.3, -0.25) is 0 Å². The van der Waals surface area contributed by atoms with Gasteiger partial charge in [0.05, 0.1) is 17.3 Å². The van der Waals surface area contributed by atoms with Gasteiger partial charge in [0.2, 0.25) is 0 Å². The van der Waals surface area contributed by atoms with Gasteiger partial charge in [-0.15, -0.1) is 0 Å². The Morgan fingerprint density at radius 1 is 1.05 bits per heavy atom. The normalized spacial score (nSPS) is 11.9. The third-order valence-electron chi connectivity index (χ3n) is 2.90. The van der Waals surface area contributed by atoms with E-state index >= 15 is 0 Å². The maximum Gasteiger partial charge on any atom is 0.119 e. The summed E-state index contributed by atoms with van der Waals surface area (Å²) < 4.78 is 5.92. The maximum absolute atomic E-state index is 6.11. The first kappa shape index (κ1) is 13.8. The van der Waals surface area contributed by atoms with E-state index in [9.17, 15) is 0 Å². The van der Waals surface area contributed by atoms with Gasteiger partial charge in [0.25, 0.3) is 0 Å². The molecule has 3 heteroatoms. The predicted octanol–water partition coefficient (Wildman–Crippen LogP) is 4.61. The van der Waals surface area contributed by atoms with Crippen LogP contribution in [0, 0.1) is 0 Å². The van der Waals surface area contributed by atoms with Crippen LogP contribution in [0.5, 0.6) is 5.75 Å². The Hall–Kier alpha value is -1.67. The first-order valence-electron chi connectivity index (χ1n) is 6.49. The molecule has 100 valence electrons. The van der Waals surface area contributed by atoms with Gasteiger partial charge in [0.15, 0.2) is 0 Å². The van der Waals surface area contributed by atoms with Crippen molar-refractivity contribution >= 4 is 17.3 Å². The third-order valence-corrected chi connectivity index (χ3v) is 3.22. The molecular formula is C16H18ClNO. The van der Waals surface area contributed by atoms with Gasteiger partial charge < -0.3 is 10.1 Å². The molecule has 19 heavy (non-hydrogen) atoms. The number of benzene rings is 2. The largest absolute Gasteiger partial charge is 0.489 e. The molecule has 2 aromatic carbocycles. The zero-order valence-corrected chi connectivity index (χ0v) is 11.7. The quantitative estimate of drug-likeness (QED) is 0.831.